The largest absolute Gasteiger partial charge is 0.318 e. The lowest BCUT2D eigenvalue weighted by Crippen LogP contribution is -2.00. The number of aryl methyl sites for hydroxylation is 2. The van der Waals surface area contributed by atoms with Crippen LogP contribution < -0.4 is 0 Å². The van der Waals surface area contributed by atoms with Crippen LogP contribution in [0.15, 0.2) is 60.7 Å². The van der Waals surface area contributed by atoms with E-state index in [1.165, 1.54) is 103 Å². The van der Waals surface area contributed by atoms with Crippen LogP contribution in [0.3, 0.4) is 0 Å². The van der Waals surface area contributed by atoms with Gasteiger partial charge < -0.3 is 9.13 Å². The van der Waals surface area contributed by atoms with E-state index in [1.807, 2.05) is 9.13 Å². The lowest BCUT2D eigenvalue weighted by molar-refractivity contribution is 0.476. The fourth-order valence-corrected chi connectivity index (χ4v) is 8.43. The second-order valence-electron chi connectivity index (χ2n) is 15.0. The first-order valence-corrected chi connectivity index (χ1v) is 20.4. The Labute approximate surface area is 299 Å². The molecule has 4 heteroatoms. The van der Waals surface area contributed by atoms with Crippen molar-refractivity contribution in [2.75, 3.05) is 0 Å². The number of hydrogen-bond donors (Lipinski definition) is 0. The summed E-state index contributed by atoms with van der Waals surface area (Å²) >= 11 is 0. The summed E-state index contributed by atoms with van der Waals surface area (Å²) < 4.78 is 34.4. The minimum absolute atomic E-state index is 0.145. The van der Waals surface area contributed by atoms with E-state index < -0.39 is 0 Å². The van der Waals surface area contributed by atoms with Gasteiger partial charge in [0.1, 0.15) is 0 Å². The van der Waals surface area contributed by atoms with E-state index in [9.17, 15) is 0 Å². The van der Waals surface area contributed by atoms with E-state index in [1.54, 1.807) is 12.1 Å². The van der Waals surface area contributed by atoms with Crippen LogP contribution in [-0.2, 0) is 13.1 Å². The van der Waals surface area contributed by atoms with Gasteiger partial charge in [0.25, 0.3) is 0 Å². The Morgan fingerprint density at radius 2 is 0.600 bits per heavy atom. The van der Waals surface area contributed by atoms with Crippen molar-refractivity contribution in [2.45, 2.75) is 155 Å². The number of hydrogen-bond acceptors (Lipinski definition) is 0. The number of aromatic nitrogens is 2. The first-order valence-electron chi connectivity index (χ1n) is 20.4. The third kappa shape index (κ3) is 8.38. The molecule has 268 valence electrons. The molecule has 0 saturated carbocycles. The van der Waals surface area contributed by atoms with Crippen molar-refractivity contribution in [3.8, 4) is 0 Å². The standard InChI is InChI=1S/C46H60F2N2/c1-3-5-7-9-11-13-15-17-19-21-31-49-43-29-27-37-35-24-26-40-38(36(35)23-25-39(37)41(43)33-45(49)47)28-30-44-42(40)34-46(48)50(44)32-22-20-18-16-14-12-10-8-6-4-2/h23-30,33-34H,3-22,31-32H2,1-2H3. The average molecular weight is 679 g/mol. The minimum Gasteiger partial charge on any atom is -0.318 e. The molecule has 2 nitrogen and oxygen atoms in total. The molecule has 4 aromatic carbocycles. The van der Waals surface area contributed by atoms with Crippen LogP contribution in [0.2, 0.25) is 0 Å². The molecule has 50 heavy (non-hydrogen) atoms. The molecule has 0 aliphatic rings. The number of benzene rings is 4. The number of fused-ring (bicyclic) bond motifs is 9. The van der Waals surface area contributed by atoms with Gasteiger partial charge in [-0.15, -0.1) is 0 Å². The molecular weight excluding hydrogens is 619 g/mol. The number of rotatable bonds is 22. The molecule has 0 atom stereocenters. The van der Waals surface area contributed by atoms with Crippen LogP contribution in [-0.4, -0.2) is 9.13 Å². The van der Waals surface area contributed by atoms with Gasteiger partial charge in [0, 0.05) is 36.0 Å². The molecular formula is C46H60F2N2. The summed E-state index contributed by atoms with van der Waals surface area (Å²) in [5.74, 6) is -0.289. The molecule has 2 heterocycles. The highest BCUT2D eigenvalue weighted by molar-refractivity contribution is 6.24. The summed E-state index contributed by atoms with van der Waals surface area (Å²) in [6.07, 6.45) is 25.5. The minimum atomic E-state index is -0.145. The third-order valence-corrected chi connectivity index (χ3v) is 11.3. The van der Waals surface area contributed by atoms with Gasteiger partial charge in [-0.2, -0.15) is 8.78 Å². The zero-order valence-electron chi connectivity index (χ0n) is 31.0. The van der Waals surface area contributed by atoms with Crippen molar-refractivity contribution < 1.29 is 8.78 Å². The zero-order chi connectivity index (χ0) is 34.7. The normalized spacial score (nSPS) is 12.2. The Morgan fingerprint density at radius 1 is 0.340 bits per heavy atom. The van der Waals surface area contributed by atoms with Gasteiger partial charge in [-0.25, -0.2) is 0 Å². The Bertz CT molecular complexity index is 1840. The maximum atomic E-state index is 15.3. The molecule has 0 unspecified atom stereocenters. The molecule has 0 radical (unpaired) electrons. The summed E-state index contributed by atoms with van der Waals surface area (Å²) in [6.45, 7) is 5.98. The summed E-state index contributed by atoms with van der Waals surface area (Å²) in [6, 6.07) is 20.7. The van der Waals surface area contributed by atoms with Crippen molar-refractivity contribution >= 4 is 54.1 Å². The molecule has 0 bridgehead atoms. The summed E-state index contributed by atoms with van der Waals surface area (Å²) in [5.41, 5.74) is 1.96. The van der Waals surface area contributed by atoms with E-state index in [0.717, 1.165) is 92.9 Å². The van der Waals surface area contributed by atoms with E-state index in [0.29, 0.717) is 0 Å². The van der Waals surface area contributed by atoms with Crippen molar-refractivity contribution in [3.05, 3.63) is 72.6 Å². The molecule has 6 rings (SSSR count). The fraction of sp³-hybridized carbons (Fsp3) is 0.522. The predicted octanol–water partition coefficient (Wildman–Crippen LogP) is 15.2. The van der Waals surface area contributed by atoms with E-state index in [2.05, 4.69) is 62.4 Å². The topological polar surface area (TPSA) is 9.86 Å². The van der Waals surface area contributed by atoms with Crippen LogP contribution in [0.25, 0.3) is 54.1 Å². The first kappa shape index (κ1) is 36.4. The fourth-order valence-electron chi connectivity index (χ4n) is 8.43. The van der Waals surface area contributed by atoms with E-state index in [-0.39, 0.29) is 11.9 Å². The van der Waals surface area contributed by atoms with Crippen LogP contribution >= 0.6 is 0 Å². The molecule has 0 fully saturated rings. The highest BCUT2D eigenvalue weighted by Gasteiger charge is 2.16. The number of halogens is 2. The van der Waals surface area contributed by atoms with Crippen LogP contribution in [0.5, 0.6) is 0 Å². The van der Waals surface area contributed by atoms with Crippen LogP contribution in [0.1, 0.15) is 142 Å². The maximum absolute atomic E-state index is 15.3. The van der Waals surface area contributed by atoms with E-state index >= 15 is 8.78 Å². The first-order chi connectivity index (χ1) is 24.6. The van der Waals surface area contributed by atoms with Crippen molar-refractivity contribution in [2.24, 2.45) is 0 Å². The van der Waals surface area contributed by atoms with Gasteiger partial charge in [-0.05, 0) is 57.3 Å². The van der Waals surface area contributed by atoms with Gasteiger partial charge in [-0.1, -0.05) is 166 Å². The molecule has 0 saturated heterocycles. The Kier molecular flexibility index (Phi) is 13.2. The molecule has 0 aliphatic carbocycles. The Morgan fingerprint density at radius 3 is 0.920 bits per heavy atom. The molecule has 0 N–H and O–H groups in total. The highest BCUT2D eigenvalue weighted by Crippen LogP contribution is 2.38. The second-order valence-corrected chi connectivity index (χ2v) is 15.0. The summed E-state index contributed by atoms with van der Waals surface area (Å²) in [7, 11) is 0. The second kappa shape index (κ2) is 18.2. The molecule has 2 aromatic heterocycles. The Hall–Kier alpha value is -3.40. The van der Waals surface area contributed by atoms with Gasteiger partial charge in [0.15, 0.2) is 11.9 Å². The Balaban J connectivity index is 1.12. The van der Waals surface area contributed by atoms with Crippen LogP contribution in [0, 0.1) is 11.9 Å². The molecule has 6 aromatic rings. The average Bonchev–Trinajstić information content (AvgIpc) is 3.63. The van der Waals surface area contributed by atoms with Gasteiger partial charge >= 0.3 is 0 Å². The SMILES string of the molecule is CCCCCCCCCCCCn1c(F)cc2c3ccc4c(ccc5c4ccc4c5cc(F)n4CCCCCCCCCCCC)c3ccc21. The van der Waals surface area contributed by atoms with Crippen molar-refractivity contribution in [1.29, 1.82) is 0 Å². The smallest absolute Gasteiger partial charge is 0.194 e. The van der Waals surface area contributed by atoms with Gasteiger partial charge in [-0.3, -0.25) is 0 Å². The van der Waals surface area contributed by atoms with Gasteiger partial charge in [0.2, 0.25) is 0 Å². The zero-order valence-corrected chi connectivity index (χ0v) is 31.0. The number of unbranched alkanes of at least 4 members (excludes halogenated alkanes) is 18. The third-order valence-electron chi connectivity index (χ3n) is 11.3. The van der Waals surface area contributed by atoms with Gasteiger partial charge in [0.05, 0.1) is 11.0 Å². The van der Waals surface area contributed by atoms with E-state index in [4.69, 9.17) is 0 Å². The molecule has 0 amide bonds. The lowest BCUT2D eigenvalue weighted by atomic mass is 9.94. The van der Waals surface area contributed by atoms with Crippen molar-refractivity contribution in [3.63, 3.8) is 0 Å². The molecule has 0 aliphatic heterocycles. The summed E-state index contributed by atoms with van der Waals surface area (Å²) in [5, 5.41) is 8.73. The van der Waals surface area contributed by atoms with Crippen LogP contribution in [0.4, 0.5) is 8.78 Å². The highest BCUT2D eigenvalue weighted by atomic mass is 19.1. The molecule has 0 spiro atoms. The lowest BCUT2D eigenvalue weighted by Gasteiger charge is -2.11. The predicted molar refractivity (Wildman–Crippen MR) is 214 cm³/mol. The summed E-state index contributed by atoms with van der Waals surface area (Å²) in [4.78, 5) is 0. The van der Waals surface area contributed by atoms with Crippen molar-refractivity contribution in [1.82, 2.24) is 9.13 Å². The monoisotopic (exact) mass is 678 g/mol. The quantitative estimate of drug-likeness (QED) is 0.0500. The number of nitrogens with zero attached hydrogens (tertiary/aromatic N) is 2. The maximum Gasteiger partial charge on any atom is 0.194 e.